The Morgan fingerprint density at radius 2 is 1.47 bits per heavy atom. The standard InChI is InChI=1S/C36H37N3O4/c1-25-31(34(40)41)33(30-17-10-9-12-27(30)24-37)32(26(2)38-25)35(42)43-23-11-20-39-21-18-36(19-22-39,28-13-5-3-6-14-28)29-15-7-4-8-16-29/h3-10,12-17,33,38H,11,18-23H2,1-2H3,(H,40,41). The van der Waals surface area contributed by atoms with Crippen LogP contribution in [-0.2, 0) is 19.7 Å². The number of benzene rings is 3. The summed E-state index contributed by atoms with van der Waals surface area (Å²) in [7, 11) is 0. The zero-order valence-corrected chi connectivity index (χ0v) is 24.7. The van der Waals surface area contributed by atoms with Crippen molar-refractivity contribution in [3.63, 3.8) is 0 Å². The molecule has 0 amide bonds. The fourth-order valence-electron chi connectivity index (χ4n) is 6.66. The van der Waals surface area contributed by atoms with E-state index in [-0.39, 0.29) is 23.2 Å². The molecule has 5 rings (SSSR count). The predicted molar refractivity (Wildman–Crippen MR) is 165 cm³/mol. The van der Waals surface area contributed by atoms with E-state index in [1.165, 1.54) is 11.1 Å². The van der Waals surface area contributed by atoms with Gasteiger partial charge in [0.05, 0.1) is 35.3 Å². The molecule has 220 valence electrons. The second-order valence-corrected chi connectivity index (χ2v) is 11.3. The first-order valence-electron chi connectivity index (χ1n) is 14.8. The van der Waals surface area contributed by atoms with E-state index in [4.69, 9.17) is 4.74 Å². The third kappa shape index (κ3) is 6.11. The number of hydrogen-bond acceptors (Lipinski definition) is 6. The van der Waals surface area contributed by atoms with Crippen molar-refractivity contribution in [2.24, 2.45) is 0 Å². The Morgan fingerprint density at radius 3 is 2.05 bits per heavy atom. The summed E-state index contributed by atoms with van der Waals surface area (Å²) < 4.78 is 5.75. The monoisotopic (exact) mass is 575 g/mol. The van der Waals surface area contributed by atoms with E-state index in [2.05, 4.69) is 76.9 Å². The second-order valence-electron chi connectivity index (χ2n) is 11.3. The molecule has 0 aromatic heterocycles. The van der Waals surface area contributed by atoms with Crippen LogP contribution in [0, 0.1) is 11.3 Å². The molecule has 3 aromatic rings. The molecular weight excluding hydrogens is 538 g/mol. The van der Waals surface area contributed by atoms with Gasteiger partial charge in [-0.15, -0.1) is 0 Å². The minimum Gasteiger partial charge on any atom is -0.478 e. The molecule has 2 aliphatic rings. The Hall–Kier alpha value is -4.67. The maximum atomic E-state index is 13.5. The molecule has 2 heterocycles. The summed E-state index contributed by atoms with van der Waals surface area (Å²) in [5.41, 5.74) is 4.69. The van der Waals surface area contributed by atoms with Gasteiger partial charge in [0.1, 0.15) is 0 Å². The molecule has 0 spiro atoms. The number of likely N-dealkylation sites (tertiary alicyclic amines) is 1. The number of carbonyl (C=O) groups is 2. The lowest BCUT2D eigenvalue weighted by atomic mass is 9.68. The van der Waals surface area contributed by atoms with Crippen LogP contribution in [0.3, 0.4) is 0 Å². The highest BCUT2D eigenvalue weighted by Crippen LogP contribution is 2.42. The molecule has 0 saturated carbocycles. The van der Waals surface area contributed by atoms with Crippen LogP contribution >= 0.6 is 0 Å². The molecule has 1 fully saturated rings. The molecule has 7 heteroatoms. The van der Waals surface area contributed by atoms with E-state index < -0.39 is 17.9 Å². The summed E-state index contributed by atoms with van der Waals surface area (Å²) in [5.74, 6) is -2.62. The maximum absolute atomic E-state index is 13.5. The van der Waals surface area contributed by atoms with Gasteiger partial charge < -0.3 is 20.1 Å². The Morgan fingerprint density at radius 1 is 0.907 bits per heavy atom. The Balaban J connectivity index is 1.24. The van der Waals surface area contributed by atoms with Crippen LogP contribution in [0.1, 0.15) is 61.3 Å². The van der Waals surface area contributed by atoms with Gasteiger partial charge >= 0.3 is 11.9 Å². The Kier molecular flexibility index (Phi) is 9.08. The van der Waals surface area contributed by atoms with Gasteiger partial charge in [-0.3, -0.25) is 0 Å². The minimum absolute atomic E-state index is 0.0221. The largest absolute Gasteiger partial charge is 0.478 e. The lowest BCUT2D eigenvalue weighted by Crippen LogP contribution is -2.43. The number of nitrogens with zero attached hydrogens (tertiary/aromatic N) is 2. The zero-order chi connectivity index (χ0) is 30.4. The van der Waals surface area contributed by atoms with E-state index in [0.29, 0.717) is 28.9 Å². The first-order chi connectivity index (χ1) is 20.9. The minimum atomic E-state index is -1.15. The van der Waals surface area contributed by atoms with Crippen LogP contribution < -0.4 is 5.32 Å². The quantitative estimate of drug-likeness (QED) is 0.242. The number of dihydropyridines is 1. The van der Waals surface area contributed by atoms with E-state index in [0.717, 1.165) is 32.5 Å². The van der Waals surface area contributed by atoms with Crippen molar-refractivity contribution >= 4 is 11.9 Å². The van der Waals surface area contributed by atoms with Gasteiger partial charge in [-0.1, -0.05) is 78.9 Å². The van der Waals surface area contributed by atoms with Gasteiger partial charge in [-0.05, 0) is 69.0 Å². The van der Waals surface area contributed by atoms with Gasteiger partial charge in [0.25, 0.3) is 0 Å². The molecule has 3 aromatic carbocycles. The Labute approximate surface area is 253 Å². The number of allylic oxidation sites excluding steroid dienone is 2. The summed E-state index contributed by atoms with van der Waals surface area (Å²) >= 11 is 0. The van der Waals surface area contributed by atoms with Crippen LogP contribution in [0.25, 0.3) is 0 Å². The Bertz CT molecular complexity index is 1540. The van der Waals surface area contributed by atoms with E-state index >= 15 is 0 Å². The molecule has 1 saturated heterocycles. The third-order valence-electron chi connectivity index (χ3n) is 8.82. The summed E-state index contributed by atoms with van der Waals surface area (Å²) in [6.07, 6.45) is 2.67. The van der Waals surface area contributed by atoms with Crippen LogP contribution in [0.5, 0.6) is 0 Å². The number of piperidine rings is 1. The fourth-order valence-corrected chi connectivity index (χ4v) is 6.66. The number of esters is 1. The van der Waals surface area contributed by atoms with Crippen molar-refractivity contribution in [1.29, 1.82) is 5.26 Å². The van der Waals surface area contributed by atoms with Gasteiger partial charge in [-0.2, -0.15) is 5.26 Å². The highest BCUT2D eigenvalue weighted by atomic mass is 16.5. The summed E-state index contributed by atoms with van der Waals surface area (Å²) in [4.78, 5) is 28.2. The highest BCUT2D eigenvalue weighted by molar-refractivity contribution is 5.99. The topological polar surface area (TPSA) is 103 Å². The number of hydrogen-bond donors (Lipinski definition) is 2. The number of aliphatic carboxylic acids is 1. The molecule has 2 aliphatic heterocycles. The third-order valence-corrected chi connectivity index (χ3v) is 8.82. The molecular formula is C36H37N3O4. The van der Waals surface area contributed by atoms with Crippen LogP contribution in [0.2, 0.25) is 0 Å². The van der Waals surface area contributed by atoms with E-state index in [9.17, 15) is 20.0 Å². The lowest BCUT2D eigenvalue weighted by molar-refractivity contribution is -0.139. The molecule has 0 bridgehead atoms. The normalized spacial score (nSPS) is 18.5. The number of nitrogens with one attached hydrogen (secondary N) is 1. The second kappa shape index (κ2) is 13.1. The first kappa shape index (κ1) is 29.8. The van der Waals surface area contributed by atoms with Crippen molar-refractivity contribution in [2.45, 2.75) is 44.4 Å². The number of carboxylic acids is 1. The van der Waals surface area contributed by atoms with E-state index in [1.807, 2.05) is 0 Å². The number of carboxylic acid groups (broad SMARTS) is 1. The van der Waals surface area contributed by atoms with Gasteiger partial charge in [0.15, 0.2) is 0 Å². The summed E-state index contributed by atoms with van der Waals surface area (Å²) in [5, 5.41) is 22.8. The number of rotatable bonds is 9. The van der Waals surface area contributed by atoms with Gasteiger partial charge in [0, 0.05) is 23.4 Å². The SMILES string of the molecule is CC1=C(C(=O)O)C(c2ccccc2C#N)C(C(=O)OCCCN2CCC(c3ccccc3)(c3ccccc3)CC2)=C(C)N1. The fraction of sp³-hybridized carbons (Fsp3) is 0.306. The van der Waals surface area contributed by atoms with Crippen LogP contribution in [-0.4, -0.2) is 48.2 Å². The van der Waals surface area contributed by atoms with Crippen molar-refractivity contribution < 1.29 is 19.4 Å². The molecule has 1 unspecified atom stereocenters. The molecule has 2 N–H and O–H groups in total. The van der Waals surface area contributed by atoms with Crippen LogP contribution in [0.4, 0.5) is 0 Å². The zero-order valence-electron chi connectivity index (χ0n) is 24.7. The number of carbonyl (C=O) groups excluding carboxylic acids is 1. The van der Waals surface area contributed by atoms with Gasteiger partial charge in [0.2, 0.25) is 0 Å². The molecule has 0 radical (unpaired) electrons. The first-order valence-corrected chi connectivity index (χ1v) is 14.8. The van der Waals surface area contributed by atoms with E-state index in [1.54, 1.807) is 38.1 Å². The van der Waals surface area contributed by atoms with Crippen molar-refractivity contribution in [2.75, 3.05) is 26.2 Å². The molecule has 1 atom stereocenters. The average molecular weight is 576 g/mol. The summed E-state index contributed by atoms with van der Waals surface area (Å²) in [6, 6.07) is 30.4. The smallest absolute Gasteiger partial charge is 0.336 e. The predicted octanol–water partition coefficient (Wildman–Crippen LogP) is 5.89. The van der Waals surface area contributed by atoms with Crippen LogP contribution in [0.15, 0.2) is 107 Å². The van der Waals surface area contributed by atoms with Crippen molar-refractivity contribution in [3.05, 3.63) is 130 Å². The molecule has 43 heavy (non-hydrogen) atoms. The lowest BCUT2D eigenvalue weighted by Gasteiger charge is -2.43. The average Bonchev–Trinajstić information content (AvgIpc) is 3.03. The number of nitriles is 1. The van der Waals surface area contributed by atoms with Gasteiger partial charge in [-0.25, -0.2) is 9.59 Å². The number of ether oxygens (including phenoxy) is 1. The molecule has 7 nitrogen and oxygen atoms in total. The highest BCUT2D eigenvalue weighted by Gasteiger charge is 2.39. The summed E-state index contributed by atoms with van der Waals surface area (Å²) in [6.45, 7) is 6.28. The molecule has 0 aliphatic carbocycles. The van der Waals surface area contributed by atoms with Crippen molar-refractivity contribution in [3.8, 4) is 6.07 Å². The van der Waals surface area contributed by atoms with Crippen molar-refractivity contribution in [1.82, 2.24) is 10.2 Å². The maximum Gasteiger partial charge on any atom is 0.336 e.